The molecule has 12 heavy (non-hydrogen) atoms. The Hall–Kier alpha value is -1.38. The Morgan fingerprint density at radius 3 is 2.83 bits per heavy atom. The number of aryl methyl sites for hydroxylation is 2. The number of carbonyl (C=O) groups is 1. The largest absolute Gasteiger partial charge is 0.461 e. The summed E-state index contributed by atoms with van der Waals surface area (Å²) in [7, 11) is 3.19. The Morgan fingerprint density at radius 2 is 2.25 bits per heavy atom. The Bertz CT molecular complexity index is 307. The number of aromatic nitrogens is 1. The van der Waals surface area contributed by atoms with Crippen LogP contribution in [-0.4, -0.2) is 13.1 Å². The number of ether oxygens (including phenoxy) is 1. The Labute approximate surface area is 71.6 Å². The van der Waals surface area contributed by atoms with Crippen molar-refractivity contribution in [2.45, 2.75) is 6.92 Å². The van der Waals surface area contributed by atoms with Crippen LogP contribution in [0.3, 0.4) is 0 Å². The first-order chi connectivity index (χ1) is 5.65. The molecular weight excluding hydrogens is 154 g/mol. The third-order valence-corrected chi connectivity index (χ3v) is 1.70. The van der Waals surface area contributed by atoms with Gasteiger partial charge in [-0.3, -0.25) is 0 Å². The van der Waals surface area contributed by atoms with Gasteiger partial charge in [0.1, 0.15) is 7.05 Å². The molecule has 0 amide bonds. The predicted molar refractivity (Wildman–Crippen MR) is 43.7 cm³/mol. The molecule has 0 aliphatic carbocycles. The minimum Gasteiger partial charge on any atom is -0.461 e. The minimum atomic E-state index is -0.304. The normalized spacial score (nSPS) is 9.58. The summed E-state index contributed by atoms with van der Waals surface area (Å²) < 4.78 is 6.35. The van der Waals surface area contributed by atoms with Crippen molar-refractivity contribution < 1.29 is 14.1 Å². The van der Waals surface area contributed by atoms with Gasteiger partial charge in [0, 0.05) is 12.1 Å². The van der Waals surface area contributed by atoms with Crippen molar-refractivity contribution in [2.24, 2.45) is 7.05 Å². The number of hydrogen-bond donors (Lipinski definition) is 0. The summed E-state index contributed by atoms with van der Waals surface area (Å²) in [5.74, 6) is -0.304. The number of carbonyl (C=O) groups excluding carboxylic acids is 1. The summed E-state index contributed by atoms with van der Waals surface area (Å²) >= 11 is 0. The van der Waals surface area contributed by atoms with Crippen molar-refractivity contribution in [3.63, 3.8) is 0 Å². The van der Waals surface area contributed by atoms with Gasteiger partial charge in [0.15, 0.2) is 6.20 Å². The van der Waals surface area contributed by atoms with E-state index in [1.54, 1.807) is 10.6 Å². The smallest absolute Gasteiger partial charge is 0.403 e. The van der Waals surface area contributed by atoms with Crippen molar-refractivity contribution in [1.29, 1.82) is 0 Å². The molecule has 1 rings (SSSR count). The third-order valence-electron chi connectivity index (χ3n) is 1.70. The second-order valence-corrected chi connectivity index (χ2v) is 2.69. The molecule has 0 unspecified atom stereocenters. The van der Waals surface area contributed by atoms with Crippen LogP contribution in [0, 0.1) is 6.92 Å². The average Bonchev–Trinajstić information content (AvgIpc) is 2.08. The Balaban J connectivity index is 3.13. The zero-order valence-electron chi connectivity index (χ0n) is 7.50. The van der Waals surface area contributed by atoms with Crippen molar-refractivity contribution in [3.8, 4) is 0 Å². The maximum atomic E-state index is 11.1. The lowest BCUT2D eigenvalue weighted by atomic mass is 10.2. The van der Waals surface area contributed by atoms with Crippen LogP contribution in [0.15, 0.2) is 18.3 Å². The predicted octanol–water partition coefficient (Wildman–Crippen LogP) is 0.606. The average molecular weight is 166 g/mol. The number of rotatable bonds is 1. The van der Waals surface area contributed by atoms with E-state index in [0.29, 0.717) is 5.69 Å². The van der Waals surface area contributed by atoms with Crippen LogP contribution in [0.2, 0.25) is 0 Å². The van der Waals surface area contributed by atoms with Crippen LogP contribution in [-0.2, 0) is 11.8 Å². The van der Waals surface area contributed by atoms with Crippen molar-refractivity contribution >= 4 is 5.97 Å². The van der Waals surface area contributed by atoms with Gasteiger partial charge in [-0.05, 0) is 12.5 Å². The Kier molecular flexibility index (Phi) is 2.43. The molecule has 0 spiro atoms. The molecule has 0 atom stereocenters. The molecular formula is C9H12NO2+. The Morgan fingerprint density at radius 1 is 1.58 bits per heavy atom. The van der Waals surface area contributed by atoms with E-state index in [2.05, 4.69) is 4.74 Å². The molecule has 0 N–H and O–H groups in total. The lowest BCUT2D eigenvalue weighted by Gasteiger charge is -1.97. The van der Waals surface area contributed by atoms with E-state index in [-0.39, 0.29) is 5.97 Å². The minimum absolute atomic E-state index is 0.304. The van der Waals surface area contributed by atoms with Crippen molar-refractivity contribution in [1.82, 2.24) is 0 Å². The molecule has 1 aromatic rings. The fourth-order valence-electron chi connectivity index (χ4n) is 0.983. The van der Waals surface area contributed by atoms with E-state index < -0.39 is 0 Å². The molecule has 0 bridgehead atoms. The van der Waals surface area contributed by atoms with E-state index in [1.807, 2.05) is 26.2 Å². The monoisotopic (exact) mass is 166 g/mol. The van der Waals surface area contributed by atoms with Crippen molar-refractivity contribution in [2.75, 3.05) is 7.11 Å². The second kappa shape index (κ2) is 3.34. The van der Waals surface area contributed by atoms with Gasteiger partial charge in [-0.25, -0.2) is 4.79 Å². The topological polar surface area (TPSA) is 30.2 Å². The van der Waals surface area contributed by atoms with Gasteiger partial charge in [-0.2, -0.15) is 4.57 Å². The summed E-state index contributed by atoms with van der Waals surface area (Å²) in [6.07, 6.45) is 1.83. The molecule has 0 aliphatic rings. The van der Waals surface area contributed by atoms with Crippen LogP contribution in [0.1, 0.15) is 16.1 Å². The SMILES string of the molecule is COC(=O)c1cc(C)cc[n+]1C. The first-order valence-electron chi connectivity index (χ1n) is 3.69. The summed E-state index contributed by atoms with van der Waals surface area (Å²) in [4.78, 5) is 11.1. The maximum absolute atomic E-state index is 11.1. The number of methoxy groups -OCH3 is 1. The van der Waals surface area contributed by atoms with Crippen LogP contribution < -0.4 is 4.57 Å². The molecule has 3 heteroatoms. The summed E-state index contributed by atoms with van der Waals surface area (Å²) in [6.45, 7) is 1.94. The number of pyridine rings is 1. The van der Waals surface area contributed by atoms with Gasteiger partial charge < -0.3 is 4.74 Å². The zero-order chi connectivity index (χ0) is 9.14. The second-order valence-electron chi connectivity index (χ2n) is 2.69. The molecule has 1 heterocycles. The van der Waals surface area contributed by atoms with E-state index in [9.17, 15) is 4.79 Å². The van der Waals surface area contributed by atoms with Gasteiger partial charge in [-0.1, -0.05) is 0 Å². The number of nitrogens with zero attached hydrogens (tertiary/aromatic N) is 1. The quantitative estimate of drug-likeness (QED) is 0.452. The van der Waals surface area contributed by atoms with Crippen LogP contribution >= 0.6 is 0 Å². The van der Waals surface area contributed by atoms with Gasteiger partial charge in [0.2, 0.25) is 0 Å². The van der Waals surface area contributed by atoms with Crippen LogP contribution in [0.5, 0.6) is 0 Å². The van der Waals surface area contributed by atoms with Crippen molar-refractivity contribution in [3.05, 3.63) is 29.6 Å². The fourth-order valence-corrected chi connectivity index (χ4v) is 0.983. The summed E-state index contributed by atoms with van der Waals surface area (Å²) in [5.41, 5.74) is 1.62. The van der Waals surface area contributed by atoms with E-state index in [1.165, 1.54) is 7.11 Å². The highest BCUT2D eigenvalue weighted by Gasteiger charge is 2.16. The number of hydrogen-bond acceptors (Lipinski definition) is 2. The highest BCUT2D eigenvalue weighted by Crippen LogP contribution is 1.98. The summed E-state index contributed by atoms with van der Waals surface area (Å²) in [6, 6.07) is 3.73. The van der Waals surface area contributed by atoms with Gasteiger partial charge in [-0.15, -0.1) is 0 Å². The summed E-state index contributed by atoms with van der Waals surface area (Å²) in [5, 5.41) is 0. The lowest BCUT2D eigenvalue weighted by Crippen LogP contribution is -2.36. The molecule has 3 nitrogen and oxygen atoms in total. The molecule has 0 fully saturated rings. The maximum Gasteiger partial charge on any atom is 0.403 e. The van der Waals surface area contributed by atoms with Crippen LogP contribution in [0.4, 0.5) is 0 Å². The molecule has 0 aliphatic heterocycles. The molecule has 0 saturated heterocycles. The molecule has 0 radical (unpaired) electrons. The van der Waals surface area contributed by atoms with Crippen LogP contribution in [0.25, 0.3) is 0 Å². The molecule has 0 saturated carbocycles. The van der Waals surface area contributed by atoms with Gasteiger partial charge in [0.05, 0.1) is 7.11 Å². The fraction of sp³-hybridized carbons (Fsp3) is 0.333. The highest BCUT2D eigenvalue weighted by molar-refractivity contribution is 5.85. The first kappa shape index (κ1) is 8.71. The molecule has 1 aromatic heterocycles. The van der Waals surface area contributed by atoms with E-state index in [4.69, 9.17) is 0 Å². The third kappa shape index (κ3) is 1.61. The standard InChI is InChI=1S/C9H12NO2/c1-7-4-5-10(2)8(6-7)9(11)12-3/h4-6H,1-3H3/q+1. The molecule has 0 aromatic carbocycles. The van der Waals surface area contributed by atoms with Gasteiger partial charge >= 0.3 is 5.97 Å². The first-order valence-corrected chi connectivity index (χ1v) is 3.69. The van der Waals surface area contributed by atoms with E-state index in [0.717, 1.165) is 5.56 Å². The van der Waals surface area contributed by atoms with E-state index >= 15 is 0 Å². The zero-order valence-corrected chi connectivity index (χ0v) is 7.50. The highest BCUT2D eigenvalue weighted by atomic mass is 16.5. The molecule has 64 valence electrons. The van der Waals surface area contributed by atoms with Gasteiger partial charge in [0.25, 0.3) is 5.69 Å². The number of esters is 1. The lowest BCUT2D eigenvalue weighted by molar-refractivity contribution is -0.674.